The van der Waals surface area contributed by atoms with Crippen LogP contribution >= 0.6 is 23.2 Å². The molecular weight excluding hydrogens is 239 g/mol. The topological polar surface area (TPSA) is 0 Å². The first kappa shape index (κ1) is 11.5. The second-order valence-corrected chi connectivity index (χ2v) is 4.64. The summed E-state index contributed by atoms with van der Waals surface area (Å²) in [5.41, 5.74) is 4.48. The zero-order valence-corrected chi connectivity index (χ0v) is 10.7. The minimum Gasteiger partial charge on any atom is -0.0840 e. The van der Waals surface area contributed by atoms with Gasteiger partial charge >= 0.3 is 0 Å². The van der Waals surface area contributed by atoms with E-state index in [-0.39, 0.29) is 0 Å². The fourth-order valence-electron chi connectivity index (χ4n) is 1.80. The number of hydrogen-bond acceptors (Lipinski definition) is 0. The van der Waals surface area contributed by atoms with E-state index in [1.165, 1.54) is 0 Å². The molecule has 0 fully saturated rings. The fourth-order valence-corrected chi connectivity index (χ4v) is 2.15. The van der Waals surface area contributed by atoms with Crippen molar-refractivity contribution in [3.63, 3.8) is 0 Å². The molecular formula is C14H12Cl2. The van der Waals surface area contributed by atoms with Gasteiger partial charge in [0.05, 0.1) is 0 Å². The van der Waals surface area contributed by atoms with Gasteiger partial charge in [-0.1, -0.05) is 47.5 Å². The van der Waals surface area contributed by atoms with Gasteiger partial charge in [-0.15, -0.1) is 0 Å². The van der Waals surface area contributed by atoms with Crippen LogP contribution in [-0.4, -0.2) is 0 Å². The van der Waals surface area contributed by atoms with Crippen molar-refractivity contribution in [2.75, 3.05) is 0 Å². The van der Waals surface area contributed by atoms with Crippen LogP contribution in [0.4, 0.5) is 0 Å². The lowest BCUT2D eigenvalue weighted by Gasteiger charge is -2.11. The molecule has 0 N–H and O–H groups in total. The summed E-state index contributed by atoms with van der Waals surface area (Å²) in [6.45, 7) is 4.05. The molecule has 0 radical (unpaired) electrons. The Morgan fingerprint density at radius 1 is 0.688 bits per heavy atom. The van der Waals surface area contributed by atoms with Crippen molar-refractivity contribution in [1.82, 2.24) is 0 Å². The number of hydrogen-bond donors (Lipinski definition) is 0. The summed E-state index contributed by atoms with van der Waals surface area (Å²) in [5, 5.41) is 1.58. The monoisotopic (exact) mass is 250 g/mol. The Morgan fingerprint density at radius 2 is 1.06 bits per heavy atom. The fraction of sp³-hybridized carbons (Fsp3) is 0.143. The summed E-state index contributed by atoms with van der Waals surface area (Å²) < 4.78 is 0. The normalized spacial score (nSPS) is 10.5. The molecule has 0 heterocycles. The van der Waals surface area contributed by atoms with E-state index in [0.29, 0.717) is 0 Å². The average molecular weight is 251 g/mol. The zero-order chi connectivity index (χ0) is 11.7. The Hall–Kier alpha value is -0.980. The maximum atomic E-state index is 6.12. The van der Waals surface area contributed by atoms with Crippen LogP contribution in [0.2, 0.25) is 10.0 Å². The quantitative estimate of drug-likeness (QED) is 0.647. The Labute approximate surface area is 106 Å². The van der Waals surface area contributed by atoms with Crippen LogP contribution < -0.4 is 0 Å². The molecule has 0 spiro atoms. The largest absolute Gasteiger partial charge is 0.0840 e. The third-order valence-electron chi connectivity index (χ3n) is 2.83. The van der Waals surface area contributed by atoms with Crippen LogP contribution in [0.3, 0.4) is 0 Å². The van der Waals surface area contributed by atoms with Gasteiger partial charge in [-0.2, -0.15) is 0 Å². The average Bonchev–Trinajstić information content (AvgIpc) is 2.27. The number of benzene rings is 2. The van der Waals surface area contributed by atoms with Gasteiger partial charge in [0.15, 0.2) is 0 Å². The first-order chi connectivity index (χ1) is 7.61. The lowest BCUT2D eigenvalue weighted by molar-refractivity contribution is 1.41. The van der Waals surface area contributed by atoms with Crippen molar-refractivity contribution in [2.24, 2.45) is 0 Å². The van der Waals surface area contributed by atoms with E-state index in [4.69, 9.17) is 23.2 Å². The van der Waals surface area contributed by atoms with E-state index in [1.54, 1.807) is 0 Å². The molecule has 16 heavy (non-hydrogen) atoms. The molecule has 0 bridgehead atoms. The smallest absolute Gasteiger partial charge is 0.0441 e. The second-order valence-electron chi connectivity index (χ2n) is 3.82. The standard InChI is InChI=1S/C14H12Cl2/c1-9-11(5-3-7-13(9)15)12-6-4-8-14(16)10(12)2/h3-8H,1-2H3. The molecule has 0 aliphatic heterocycles. The van der Waals surface area contributed by atoms with Crippen LogP contribution in [0.5, 0.6) is 0 Å². The van der Waals surface area contributed by atoms with Crippen molar-refractivity contribution in [1.29, 1.82) is 0 Å². The SMILES string of the molecule is Cc1c(Cl)cccc1-c1cccc(Cl)c1C. The molecule has 0 atom stereocenters. The van der Waals surface area contributed by atoms with Gasteiger partial charge in [-0.25, -0.2) is 0 Å². The van der Waals surface area contributed by atoms with Crippen molar-refractivity contribution in [3.8, 4) is 11.1 Å². The molecule has 0 amide bonds. The van der Waals surface area contributed by atoms with Crippen molar-refractivity contribution in [2.45, 2.75) is 13.8 Å². The van der Waals surface area contributed by atoms with E-state index in [0.717, 1.165) is 32.3 Å². The van der Waals surface area contributed by atoms with Gasteiger partial charge < -0.3 is 0 Å². The van der Waals surface area contributed by atoms with Crippen LogP contribution in [0.15, 0.2) is 36.4 Å². The molecule has 2 heteroatoms. The number of rotatable bonds is 1. The van der Waals surface area contributed by atoms with Crippen LogP contribution in [0, 0.1) is 13.8 Å². The van der Waals surface area contributed by atoms with Crippen LogP contribution in [0.25, 0.3) is 11.1 Å². The van der Waals surface area contributed by atoms with Gasteiger partial charge in [0.2, 0.25) is 0 Å². The summed E-state index contributed by atoms with van der Waals surface area (Å²) in [4.78, 5) is 0. The molecule has 82 valence electrons. The van der Waals surface area contributed by atoms with Crippen LogP contribution in [-0.2, 0) is 0 Å². The van der Waals surface area contributed by atoms with E-state index in [9.17, 15) is 0 Å². The van der Waals surface area contributed by atoms with Gasteiger partial charge in [0.25, 0.3) is 0 Å². The summed E-state index contributed by atoms with van der Waals surface area (Å²) in [7, 11) is 0. The lowest BCUT2D eigenvalue weighted by Crippen LogP contribution is -1.88. The summed E-state index contributed by atoms with van der Waals surface area (Å²) in [5.74, 6) is 0. The molecule has 0 aromatic heterocycles. The third kappa shape index (κ3) is 1.95. The zero-order valence-electron chi connectivity index (χ0n) is 9.22. The van der Waals surface area contributed by atoms with E-state index >= 15 is 0 Å². The first-order valence-electron chi connectivity index (χ1n) is 5.12. The minimum absolute atomic E-state index is 0.789. The van der Waals surface area contributed by atoms with E-state index in [1.807, 2.05) is 38.1 Å². The van der Waals surface area contributed by atoms with E-state index < -0.39 is 0 Å². The summed E-state index contributed by atoms with van der Waals surface area (Å²) in [6.07, 6.45) is 0. The molecule has 0 nitrogen and oxygen atoms in total. The van der Waals surface area contributed by atoms with Gasteiger partial charge in [-0.05, 0) is 48.2 Å². The Kier molecular flexibility index (Phi) is 3.22. The summed E-state index contributed by atoms with van der Waals surface area (Å²) in [6, 6.07) is 11.9. The first-order valence-corrected chi connectivity index (χ1v) is 5.87. The molecule has 2 aromatic carbocycles. The van der Waals surface area contributed by atoms with Crippen molar-refractivity contribution in [3.05, 3.63) is 57.6 Å². The third-order valence-corrected chi connectivity index (χ3v) is 3.64. The Morgan fingerprint density at radius 3 is 1.44 bits per heavy atom. The molecule has 0 aliphatic rings. The highest BCUT2D eigenvalue weighted by atomic mass is 35.5. The molecule has 0 unspecified atom stereocenters. The highest BCUT2D eigenvalue weighted by Gasteiger charge is 2.08. The van der Waals surface area contributed by atoms with Gasteiger partial charge in [-0.3, -0.25) is 0 Å². The second kappa shape index (κ2) is 4.48. The highest BCUT2D eigenvalue weighted by molar-refractivity contribution is 6.32. The number of halogens is 2. The van der Waals surface area contributed by atoms with Gasteiger partial charge in [0.1, 0.15) is 0 Å². The molecule has 0 aliphatic carbocycles. The van der Waals surface area contributed by atoms with E-state index in [2.05, 4.69) is 12.1 Å². The Balaban J connectivity index is 2.68. The molecule has 2 rings (SSSR count). The Bertz CT molecular complexity index is 481. The van der Waals surface area contributed by atoms with Crippen molar-refractivity contribution < 1.29 is 0 Å². The maximum Gasteiger partial charge on any atom is 0.0441 e. The van der Waals surface area contributed by atoms with Crippen LogP contribution in [0.1, 0.15) is 11.1 Å². The molecule has 0 saturated carbocycles. The summed E-state index contributed by atoms with van der Waals surface area (Å²) >= 11 is 12.2. The van der Waals surface area contributed by atoms with Gasteiger partial charge in [0, 0.05) is 10.0 Å². The van der Waals surface area contributed by atoms with Crippen molar-refractivity contribution >= 4 is 23.2 Å². The maximum absolute atomic E-state index is 6.12. The predicted molar refractivity (Wildman–Crippen MR) is 71.4 cm³/mol. The lowest BCUT2D eigenvalue weighted by atomic mass is 9.97. The highest BCUT2D eigenvalue weighted by Crippen LogP contribution is 2.32. The molecule has 0 saturated heterocycles. The minimum atomic E-state index is 0.789. The molecule has 2 aromatic rings. The predicted octanol–water partition coefficient (Wildman–Crippen LogP) is 5.28.